The summed E-state index contributed by atoms with van der Waals surface area (Å²) in [5.74, 6) is -0.214. The fourth-order valence-corrected chi connectivity index (χ4v) is 2.14. The number of aryl methyl sites for hydroxylation is 1. The molecule has 1 amide bonds. The van der Waals surface area contributed by atoms with Gasteiger partial charge in [-0.3, -0.25) is 9.48 Å². The Hall–Kier alpha value is -2.37. The average Bonchev–Trinajstić information content (AvgIpc) is 2.90. The number of carbonyl (C=O) groups excluding carboxylic acids is 1. The van der Waals surface area contributed by atoms with Gasteiger partial charge in [-0.05, 0) is 39.0 Å². The summed E-state index contributed by atoms with van der Waals surface area (Å²) in [4.78, 5) is 12.2. The summed E-state index contributed by atoms with van der Waals surface area (Å²) in [6.07, 6.45) is 0. The maximum absolute atomic E-state index is 14.1. The minimum absolute atomic E-state index is 0.0221. The first kappa shape index (κ1) is 16.0. The van der Waals surface area contributed by atoms with Crippen molar-refractivity contribution in [1.82, 2.24) is 15.1 Å². The van der Waals surface area contributed by atoms with Gasteiger partial charge in [0.2, 0.25) is 0 Å². The van der Waals surface area contributed by atoms with E-state index < -0.39 is 5.82 Å². The van der Waals surface area contributed by atoms with Crippen LogP contribution in [0, 0.1) is 5.82 Å². The third-order valence-corrected chi connectivity index (χ3v) is 3.18. The number of carbonyl (C=O) groups is 1. The normalized spacial score (nSPS) is 10.8. The van der Waals surface area contributed by atoms with E-state index in [9.17, 15) is 9.18 Å². The highest BCUT2D eigenvalue weighted by Gasteiger charge is 2.18. The molecule has 1 N–H and O–H groups in total. The smallest absolute Gasteiger partial charge is 0.269 e. The number of ether oxygens (including phenoxy) is 1. The Kier molecular flexibility index (Phi) is 4.80. The largest absolute Gasteiger partial charge is 0.497 e. The zero-order valence-corrected chi connectivity index (χ0v) is 13.2. The van der Waals surface area contributed by atoms with E-state index in [4.69, 9.17) is 4.74 Å². The van der Waals surface area contributed by atoms with Gasteiger partial charge in [-0.25, -0.2) is 4.39 Å². The molecule has 0 unspecified atom stereocenters. The molecule has 1 aromatic carbocycles. The van der Waals surface area contributed by atoms with Crippen LogP contribution in [0.15, 0.2) is 24.3 Å². The van der Waals surface area contributed by atoms with Crippen molar-refractivity contribution in [2.75, 3.05) is 7.11 Å². The van der Waals surface area contributed by atoms with E-state index in [0.29, 0.717) is 29.2 Å². The molecule has 5 nitrogen and oxygen atoms in total. The van der Waals surface area contributed by atoms with Gasteiger partial charge in [0.05, 0.1) is 12.8 Å². The molecular weight excluding hydrogens is 285 g/mol. The van der Waals surface area contributed by atoms with Gasteiger partial charge in [-0.2, -0.15) is 5.10 Å². The van der Waals surface area contributed by atoms with Crippen LogP contribution in [0.4, 0.5) is 4.39 Å². The number of aromatic nitrogens is 2. The lowest BCUT2D eigenvalue weighted by molar-refractivity contribution is 0.0932. The summed E-state index contributed by atoms with van der Waals surface area (Å²) in [7, 11) is 1.48. The molecule has 0 aliphatic heterocycles. The number of nitrogens with one attached hydrogen (secondary N) is 1. The van der Waals surface area contributed by atoms with Gasteiger partial charge in [-0.1, -0.05) is 0 Å². The molecule has 22 heavy (non-hydrogen) atoms. The van der Waals surface area contributed by atoms with E-state index in [1.807, 2.05) is 20.8 Å². The highest BCUT2D eigenvalue weighted by molar-refractivity contribution is 5.93. The highest BCUT2D eigenvalue weighted by atomic mass is 19.1. The molecule has 0 spiro atoms. The molecule has 0 atom stereocenters. The molecule has 0 saturated heterocycles. The van der Waals surface area contributed by atoms with E-state index in [0.717, 1.165) is 0 Å². The van der Waals surface area contributed by atoms with Crippen molar-refractivity contribution in [2.45, 2.75) is 33.4 Å². The number of halogens is 1. The van der Waals surface area contributed by atoms with Crippen molar-refractivity contribution >= 4 is 5.91 Å². The number of methoxy groups -OCH3 is 1. The minimum atomic E-state index is -0.434. The fraction of sp³-hybridized carbons (Fsp3) is 0.375. The van der Waals surface area contributed by atoms with Crippen molar-refractivity contribution in [1.29, 1.82) is 0 Å². The number of amides is 1. The molecule has 0 aliphatic rings. The summed E-state index contributed by atoms with van der Waals surface area (Å²) in [5, 5.41) is 7.14. The van der Waals surface area contributed by atoms with Gasteiger partial charge >= 0.3 is 0 Å². The standard InChI is InChI=1S/C16H20FN3O2/c1-5-20-15(16(21)18-10(2)3)9-14(19-20)12-7-6-11(22-4)8-13(12)17/h6-10H,5H2,1-4H3,(H,18,21). The van der Waals surface area contributed by atoms with Crippen LogP contribution in [-0.2, 0) is 6.54 Å². The van der Waals surface area contributed by atoms with Gasteiger partial charge in [-0.15, -0.1) is 0 Å². The van der Waals surface area contributed by atoms with Crippen LogP contribution >= 0.6 is 0 Å². The van der Waals surface area contributed by atoms with Gasteiger partial charge in [0.25, 0.3) is 5.91 Å². The average molecular weight is 305 g/mol. The van der Waals surface area contributed by atoms with Crippen molar-refractivity contribution in [3.63, 3.8) is 0 Å². The molecule has 6 heteroatoms. The molecule has 2 aromatic rings. The zero-order chi connectivity index (χ0) is 16.3. The van der Waals surface area contributed by atoms with Crippen LogP contribution in [-0.4, -0.2) is 28.8 Å². The van der Waals surface area contributed by atoms with Gasteiger partial charge in [0.15, 0.2) is 0 Å². The van der Waals surface area contributed by atoms with E-state index in [-0.39, 0.29) is 11.9 Å². The predicted molar refractivity (Wildman–Crippen MR) is 82.4 cm³/mol. The zero-order valence-electron chi connectivity index (χ0n) is 13.2. The van der Waals surface area contributed by atoms with Crippen LogP contribution in [0.25, 0.3) is 11.3 Å². The van der Waals surface area contributed by atoms with Crippen LogP contribution in [0.1, 0.15) is 31.3 Å². The third-order valence-electron chi connectivity index (χ3n) is 3.18. The minimum Gasteiger partial charge on any atom is -0.497 e. The van der Waals surface area contributed by atoms with E-state index >= 15 is 0 Å². The third kappa shape index (κ3) is 3.27. The molecule has 2 rings (SSSR count). The van der Waals surface area contributed by atoms with Gasteiger partial charge in [0.1, 0.15) is 17.3 Å². The summed E-state index contributed by atoms with van der Waals surface area (Å²) in [6.45, 7) is 6.18. The number of hydrogen-bond donors (Lipinski definition) is 1. The molecule has 0 radical (unpaired) electrons. The van der Waals surface area contributed by atoms with Crippen molar-refractivity contribution in [3.05, 3.63) is 35.8 Å². The molecule has 0 bridgehead atoms. The Morgan fingerprint density at radius 3 is 2.68 bits per heavy atom. The molecular formula is C16H20FN3O2. The summed E-state index contributed by atoms with van der Waals surface area (Å²) in [5.41, 5.74) is 1.18. The first-order valence-electron chi connectivity index (χ1n) is 7.18. The van der Waals surface area contributed by atoms with Crippen molar-refractivity contribution < 1.29 is 13.9 Å². The Morgan fingerprint density at radius 2 is 2.14 bits per heavy atom. The SMILES string of the molecule is CCn1nc(-c2ccc(OC)cc2F)cc1C(=O)NC(C)C. The lowest BCUT2D eigenvalue weighted by atomic mass is 10.1. The fourth-order valence-electron chi connectivity index (χ4n) is 2.14. The highest BCUT2D eigenvalue weighted by Crippen LogP contribution is 2.26. The first-order valence-corrected chi connectivity index (χ1v) is 7.18. The van der Waals surface area contributed by atoms with Crippen LogP contribution < -0.4 is 10.1 Å². The lowest BCUT2D eigenvalue weighted by Crippen LogP contribution is -2.31. The molecule has 0 aliphatic carbocycles. The second kappa shape index (κ2) is 6.60. The topological polar surface area (TPSA) is 56.2 Å². The lowest BCUT2D eigenvalue weighted by Gasteiger charge is -2.08. The predicted octanol–water partition coefficient (Wildman–Crippen LogP) is 2.86. The van der Waals surface area contributed by atoms with Crippen LogP contribution in [0.2, 0.25) is 0 Å². The molecule has 0 fully saturated rings. The van der Waals surface area contributed by atoms with E-state index in [2.05, 4.69) is 10.4 Å². The Labute approximate surface area is 129 Å². The maximum Gasteiger partial charge on any atom is 0.269 e. The summed E-state index contributed by atoms with van der Waals surface area (Å²) >= 11 is 0. The Balaban J connectivity index is 2.41. The number of rotatable bonds is 5. The maximum atomic E-state index is 14.1. The van der Waals surface area contributed by atoms with E-state index in [1.165, 1.54) is 13.2 Å². The van der Waals surface area contributed by atoms with Gasteiger partial charge < -0.3 is 10.1 Å². The monoisotopic (exact) mass is 305 g/mol. The van der Waals surface area contributed by atoms with Crippen LogP contribution in [0.5, 0.6) is 5.75 Å². The van der Waals surface area contributed by atoms with Gasteiger partial charge in [0, 0.05) is 24.2 Å². The summed E-state index contributed by atoms with van der Waals surface area (Å²) in [6, 6.07) is 6.19. The molecule has 0 saturated carbocycles. The number of nitrogens with zero attached hydrogens (tertiary/aromatic N) is 2. The molecule has 118 valence electrons. The molecule has 1 aromatic heterocycles. The van der Waals surface area contributed by atoms with E-state index in [1.54, 1.807) is 22.9 Å². The first-order chi connectivity index (χ1) is 10.5. The van der Waals surface area contributed by atoms with Crippen molar-refractivity contribution in [3.8, 4) is 17.0 Å². The van der Waals surface area contributed by atoms with Crippen LogP contribution in [0.3, 0.4) is 0 Å². The Morgan fingerprint density at radius 1 is 1.41 bits per heavy atom. The quantitative estimate of drug-likeness (QED) is 0.924. The summed E-state index contributed by atoms with van der Waals surface area (Å²) < 4.78 is 20.7. The molecule has 1 heterocycles. The second-order valence-electron chi connectivity index (χ2n) is 5.20. The van der Waals surface area contributed by atoms with Crippen molar-refractivity contribution in [2.24, 2.45) is 0 Å². The second-order valence-corrected chi connectivity index (χ2v) is 5.20. The number of benzene rings is 1. The number of hydrogen-bond acceptors (Lipinski definition) is 3. The Bertz CT molecular complexity index is 680.